The number of carbonyl (C=O) groups excluding carboxylic acids is 1. The molecule has 0 fully saturated rings. The van der Waals surface area contributed by atoms with Gasteiger partial charge in [-0.2, -0.15) is 0 Å². The van der Waals surface area contributed by atoms with Crippen LogP contribution in [-0.2, 0) is 16.0 Å². The van der Waals surface area contributed by atoms with Gasteiger partial charge in [-0.25, -0.2) is 0 Å². The van der Waals surface area contributed by atoms with Crippen LogP contribution in [0.1, 0.15) is 30.9 Å². The largest absolute Gasteiger partial charge is 0.465 e. The smallest absolute Gasteiger partial charge is 0.310 e. The minimum Gasteiger partial charge on any atom is -0.465 e. The number of hydrogen-bond donors (Lipinski definition) is 0. The van der Waals surface area contributed by atoms with Crippen molar-refractivity contribution in [1.82, 2.24) is 0 Å². The highest BCUT2D eigenvalue weighted by molar-refractivity contribution is 5.72. The quantitative estimate of drug-likeness (QED) is 0.547. The minimum atomic E-state index is -0.132. The number of unbranched alkanes of at least 4 members (excludes halogenated alkanes) is 1. The predicted octanol–water partition coefficient (Wildman–Crippen LogP) is 2.88. The van der Waals surface area contributed by atoms with Gasteiger partial charge in [0, 0.05) is 0 Å². The lowest BCUT2D eigenvalue weighted by Crippen LogP contribution is -2.08. The number of benzene rings is 1. The van der Waals surface area contributed by atoms with Gasteiger partial charge in [-0.1, -0.05) is 43.2 Å². The zero-order valence-electron chi connectivity index (χ0n) is 9.45. The van der Waals surface area contributed by atoms with Crippen LogP contribution in [0.15, 0.2) is 24.3 Å². The minimum absolute atomic E-state index is 0.132. The van der Waals surface area contributed by atoms with Gasteiger partial charge in [0.25, 0.3) is 0 Å². The third-order valence-corrected chi connectivity index (χ3v) is 2.23. The molecule has 2 heteroatoms. The van der Waals surface area contributed by atoms with Gasteiger partial charge in [-0.15, -0.1) is 0 Å². The van der Waals surface area contributed by atoms with Crippen LogP contribution in [0.3, 0.4) is 0 Å². The van der Waals surface area contributed by atoms with E-state index in [4.69, 9.17) is 4.74 Å². The Morgan fingerprint density at radius 1 is 1.27 bits per heavy atom. The van der Waals surface area contributed by atoms with E-state index in [1.165, 1.54) is 5.56 Å². The van der Waals surface area contributed by atoms with Crippen LogP contribution in [0.2, 0.25) is 0 Å². The highest BCUT2D eigenvalue weighted by Crippen LogP contribution is 2.04. The molecule has 1 aromatic rings. The number of rotatable bonds is 5. The molecule has 0 N–H and O–H groups in total. The maximum Gasteiger partial charge on any atom is 0.310 e. The summed E-state index contributed by atoms with van der Waals surface area (Å²) in [5.74, 6) is -0.132. The van der Waals surface area contributed by atoms with E-state index in [0.717, 1.165) is 18.4 Å². The van der Waals surface area contributed by atoms with E-state index in [9.17, 15) is 4.79 Å². The molecule has 0 spiro atoms. The average Bonchev–Trinajstić information content (AvgIpc) is 2.22. The van der Waals surface area contributed by atoms with Crippen LogP contribution < -0.4 is 0 Å². The summed E-state index contributed by atoms with van der Waals surface area (Å²) < 4.78 is 5.08. The summed E-state index contributed by atoms with van der Waals surface area (Å²) in [5, 5.41) is 0. The molecule has 1 rings (SSSR count). The first-order valence-electron chi connectivity index (χ1n) is 5.43. The molecule has 0 radical (unpaired) electrons. The van der Waals surface area contributed by atoms with Gasteiger partial charge in [0.2, 0.25) is 0 Å². The molecule has 0 aliphatic carbocycles. The molecule has 0 aromatic heterocycles. The summed E-state index contributed by atoms with van der Waals surface area (Å²) in [4.78, 5) is 11.3. The molecule has 15 heavy (non-hydrogen) atoms. The van der Waals surface area contributed by atoms with Gasteiger partial charge in [-0.05, 0) is 18.9 Å². The first-order chi connectivity index (χ1) is 7.22. The Kier molecular flexibility index (Phi) is 4.88. The predicted molar refractivity (Wildman–Crippen MR) is 60.8 cm³/mol. The van der Waals surface area contributed by atoms with Crippen LogP contribution in [-0.4, -0.2) is 12.6 Å². The normalized spacial score (nSPS) is 10.0. The third kappa shape index (κ3) is 4.63. The second-order valence-electron chi connectivity index (χ2n) is 3.74. The van der Waals surface area contributed by atoms with Gasteiger partial charge in [0.05, 0.1) is 13.0 Å². The first kappa shape index (κ1) is 11.8. The molecular formula is C13H18O2. The van der Waals surface area contributed by atoms with Gasteiger partial charge >= 0.3 is 5.97 Å². The number of hydrogen-bond acceptors (Lipinski definition) is 2. The Labute approximate surface area is 91.3 Å². The molecule has 0 atom stereocenters. The topological polar surface area (TPSA) is 26.3 Å². The molecule has 1 aromatic carbocycles. The SMILES string of the molecule is CCCCOC(=O)Cc1ccc(C)cc1. The van der Waals surface area contributed by atoms with E-state index in [2.05, 4.69) is 6.92 Å². The Morgan fingerprint density at radius 2 is 1.93 bits per heavy atom. The summed E-state index contributed by atoms with van der Waals surface area (Å²) in [6.45, 7) is 4.65. The summed E-state index contributed by atoms with van der Waals surface area (Å²) in [6.07, 6.45) is 2.38. The molecule has 0 unspecified atom stereocenters. The van der Waals surface area contributed by atoms with E-state index >= 15 is 0 Å². The van der Waals surface area contributed by atoms with E-state index < -0.39 is 0 Å². The molecule has 0 amide bonds. The fraction of sp³-hybridized carbons (Fsp3) is 0.462. The number of carbonyl (C=O) groups is 1. The zero-order valence-corrected chi connectivity index (χ0v) is 9.45. The van der Waals surface area contributed by atoms with Crippen molar-refractivity contribution in [3.63, 3.8) is 0 Å². The Hall–Kier alpha value is -1.31. The monoisotopic (exact) mass is 206 g/mol. The lowest BCUT2D eigenvalue weighted by molar-refractivity contribution is -0.142. The fourth-order valence-electron chi connectivity index (χ4n) is 1.25. The van der Waals surface area contributed by atoms with Crippen molar-refractivity contribution in [2.75, 3.05) is 6.61 Å². The molecular weight excluding hydrogens is 188 g/mol. The summed E-state index contributed by atoms with van der Waals surface area (Å²) in [5.41, 5.74) is 2.22. The van der Waals surface area contributed by atoms with Gasteiger partial charge in [-0.3, -0.25) is 4.79 Å². The van der Waals surface area contributed by atoms with Crippen molar-refractivity contribution in [1.29, 1.82) is 0 Å². The molecule has 0 heterocycles. The maximum atomic E-state index is 11.3. The van der Waals surface area contributed by atoms with Crippen molar-refractivity contribution in [2.45, 2.75) is 33.1 Å². The van der Waals surface area contributed by atoms with Crippen molar-refractivity contribution in [2.24, 2.45) is 0 Å². The van der Waals surface area contributed by atoms with Crippen LogP contribution in [0.25, 0.3) is 0 Å². The average molecular weight is 206 g/mol. The molecule has 0 aliphatic heterocycles. The molecule has 2 nitrogen and oxygen atoms in total. The van der Waals surface area contributed by atoms with Crippen LogP contribution >= 0.6 is 0 Å². The Morgan fingerprint density at radius 3 is 2.53 bits per heavy atom. The van der Waals surface area contributed by atoms with E-state index in [1.807, 2.05) is 31.2 Å². The van der Waals surface area contributed by atoms with Gasteiger partial charge < -0.3 is 4.74 Å². The maximum absolute atomic E-state index is 11.3. The second kappa shape index (κ2) is 6.23. The zero-order chi connectivity index (χ0) is 11.1. The lowest BCUT2D eigenvalue weighted by atomic mass is 10.1. The standard InChI is InChI=1S/C13H18O2/c1-3-4-9-15-13(14)10-12-7-5-11(2)6-8-12/h5-8H,3-4,9-10H2,1-2H3. The van der Waals surface area contributed by atoms with Gasteiger partial charge in [0.1, 0.15) is 0 Å². The molecule has 0 saturated heterocycles. The van der Waals surface area contributed by atoms with Crippen molar-refractivity contribution in [3.8, 4) is 0 Å². The number of esters is 1. The highest BCUT2D eigenvalue weighted by atomic mass is 16.5. The van der Waals surface area contributed by atoms with Crippen molar-refractivity contribution in [3.05, 3.63) is 35.4 Å². The molecule has 0 bridgehead atoms. The van der Waals surface area contributed by atoms with Crippen molar-refractivity contribution < 1.29 is 9.53 Å². The van der Waals surface area contributed by atoms with E-state index in [0.29, 0.717) is 13.0 Å². The van der Waals surface area contributed by atoms with Gasteiger partial charge in [0.15, 0.2) is 0 Å². The fourth-order valence-corrected chi connectivity index (χ4v) is 1.25. The first-order valence-corrected chi connectivity index (χ1v) is 5.43. The highest BCUT2D eigenvalue weighted by Gasteiger charge is 2.03. The van der Waals surface area contributed by atoms with Crippen molar-refractivity contribution >= 4 is 5.97 Å². The van der Waals surface area contributed by atoms with Crippen LogP contribution in [0, 0.1) is 6.92 Å². The summed E-state index contributed by atoms with van der Waals surface area (Å²) in [7, 11) is 0. The number of ether oxygens (including phenoxy) is 1. The lowest BCUT2D eigenvalue weighted by Gasteiger charge is -2.04. The second-order valence-corrected chi connectivity index (χ2v) is 3.74. The summed E-state index contributed by atoms with van der Waals surface area (Å²) in [6, 6.07) is 7.95. The van der Waals surface area contributed by atoms with Crippen LogP contribution in [0.5, 0.6) is 0 Å². The van der Waals surface area contributed by atoms with Crippen LogP contribution in [0.4, 0.5) is 0 Å². The Bertz CT molecular complexity index is 301. The molecule has 0 aliphatic rings. The van der Waals surface area contributed by atoms with E-state index in [1.54, 1.807) is 0 Å². The summed E-state index contributed by atoms with van der Waals surface area (Å²) >= 11 is 0. The molecule has 82 valence electrons. The third-order valence-electron chi connectivity index (χ3n) is 2.23. The Balaban J connectivity index is 2.34. The molecule has 0 saturated carbocycles. The number of aryl methyl sites for hydroxylation is 1. The van der Waals surface area contributed by atoms with E-state index in [-0.39, 0.29) is 5.97 Å².